The van der Waals surface area contributed by atoms with Crippen LogP contribution < -0.4 is 15.6 Å². The molecule has 4 rings (SSSR count). The van der Waals surface area contributed by atoms with E-state index >= 15 is 0 Å². The van der Waals surface area contributed by atoms with Crippen LogP contribution in [0.3, 0.4) is 0 Å². The number of carbonyl (C=O) groups excluding carboxylic acids is 1. The smallest absolute Gasteiger partial charge is 0.262 e. The molecule has 0 aliphatic rings. The molecule has 0 saturated heterocycles. The van der Waals surface area contributed by atoms with Gasteiger partial charge in [0.2, 0.25) is 5.95 Å². The number of H-pyrrole nitrogens is 1. The van der Waals surface area contributed by atoms with Crippen LogP contribution in [0.2, 0.25) is 0 Å². The van der Waals surface area contributed by atoms with E-state index in [1.165, 1.54) is 6.20 Å². The van der Waals surface area contributed by atoms with Crippen LogP contribution in [0.15, 0.2) is 65.6 Å². The number of hydrogen-bond donors (Lipinski definition) is 2. The van der Waals surface area contributed by atoms with Gasteiger partial charge in [0, 0.05) is 17.3 Å². The van der Waals surface area contributed by atoms with Crippen molar-refractivity contribution in [2.75, 3.05) is 12.4 Å². The van der Waals surface area contributed by atoms with Crippen LogP contribution in [0.4, 0.5) is 5.95 Å². The highest BCUT2D eigenvalue weighted by Gasteiger charge is 2.11. The third-order valence-electron chi connectivity index (χ3n) is 4.09. The first-order valence-electron chi connectivity index (χ1n) is 8.42. The second kappa shape index (κ2) is 7.28. The van der Waals surface area contributed by atoms with Gasteiger partial charge < -0.3 is 9.72 Å². The second-order valence-electron chi connectivity index (χ2n) is 5.89. The van der Waals surface area contributed by atoms with Crippen LogP contribution in [0, 0.1) is 0 Å². The maximum Gasteiger partial charge on any atom is 0.262 e. The van der Waals surface area contributed by atoms with Crippen molar-refractivity contribution in [1.82, 2.24) is 19.9 Å². The topological polar surface area (TPSA) is 110 Å². The molecule has 0 aliphatic heterocycles. The number of ether oxygens (including phenoxy) is 1. The van der Waals surface area contributed by atoms with Crippen LogP contribution in [-0.2, 0) is 0 Å². The number of carbonyl (C=O) groups is 1. The fourth-order valence-electron chi connectivity index (χ4n) is 2.64. The van der Waals surface area contributed by atoms with Gasteiger partial charge in [-0.3, -0.25) is 14.9 Å². The number of rotatable bonds is 4. The average Bonchev–Trinajstić information content (AvgIpc) is 2.74. The summed E-state index contributed by atoms with van der Waals surface area (Å²) in [5.41, 5.74) is 1.00. The van der Waals surface area contributed by atoms with Crippen molar-refractivity contribution in [1.29, 1.82) is 0 Å². The summed E-state index contributed by atoms with van der Waals surface area (Å²) >= 11 is 0. The Labute approximate surface area is 159 Å². The lowest BCUT2D eigenvalue weighted by Crippen LogP contribution is -2.16. The number of methoxy groups -OCH3 is 1. The molecule has 0 atom stereocenters. The standard InChI is InChI=1S/C20H15N5O3/c1-28-14-9-7-12(8-10-14)16-22-17-15(19(27)23-16)11-21-20(24-17)25-18(26)13-5-3-2-4-6-13/h2-11H,1H3,(H2,21,22,23,24,25,26,27). The zero-order valence-electron chi connectivity index (χ0n) is 14.8. The first kappa shape index (κ1) is 17.3. The van der Waals surface area contributed by atoms with Crippen LogP contribution in [0.25, 0.3) is 22.4 Å². The molecule has 0 spiro atoms. The molecule has 1 amide bonds. The van der Waals surface area contributed by atoms with Gasteiger partial charge in [0.15, 0.2) is 5.65 Å². The van der Waals surface area contributed by atoms with Crippen molar-refractivity contribution in [3.63, 3.8) is 0 Å². The molecular weight excluding hydrogens is 358 g/mol. The van der Waals surface area contributed by atoms with Crippen molar-refractivity contribution >= 4 is 22.9 Å². The van der Waals surface area contributed by atoms with Crippen molar-refractivity contribution in [2.24, 2.45) is 0 Å². The predicted molar refractivity (Wildman–Crippen MR) is 104 cm³/mol. The lowest BCUT2D eigenvalue weighted by Gasteiger charge is -2.06. The van der Waals surface area contributed by atoms with Gasteiger partial charge in [0.25, 0.3) is 11.5 Å². The number of fused-ring (bicyclic) bond motifs is 1. The van der Waals surface area contributed by atoms with E-state index in [9.17, 15) is 9.59 Å². The minimum Gasteiger partial charge on any atom is -0.497 e. The van der Waals surface area contributed by atoms with E-state index in [1.54, 1.807) is 55.6 Å². The molecule has 2 aromatic heterocycles. The Hall–Kier alpha value is -4.07. The summed E-state index contributed by atoms with van der Waals surface area (Å²) in [7, 11) is 1.58. The van der Waals surface area contributed by atoms with E-state index in [-0.39, 0.29) is 28.4 Å². The number of anilines is 1. The molecule has 2 aromatic carbocycles. The highest BCUT2D eigenvalue weighted by atomic mass is 16.5. The third-order valence-corrected chi connectivity index (χ3v) is 4.09. The van der Waals surface area contributed by atoms with Crippen LogP contribution in [0.5, 0.6) is 5.75 Å². The monoisotopic (exact) mass is 373 g/mol. The van der Waals surface area contributed by atoms with Crippen molar-refractivity contribution in [3.8, 4) is 17.1 Å². The van der Waals surface area contributed by atoms with E-state index in [0.717, 1.165) is 0 Å². The first-order valence-corrected chi connectivity index (χ1v) is 8.42. The molecule has 0 fully saturated rings. The fourth-order valence-corrected chi connectivity index (χ4v) is 2.64. The van der Waals surface area contributed by atoms with Crippen LogP contribution in [-0.4, -0.2) is 33.0 Å². The van der Waals surface area contributed by atoms with E-state index in [4.69, 9.17) is 4.74 Å². The minimum absolute atomic E-state index is 0.0696. The van der Waals surface area contributed by atoms with Crippen molar-refractivity contribution in [3.05, 3.63) is 76.7 Å². The summed E-state index contributed by atoms with van der Waals surface area (Å²) in [4.78, 5) is 40.0. The maximum absolute atomic E-state index is 12.4. The molecular formula is C20H15N5O3. The molecule has 0 unspecified atom stereocenters. The van der Waals surface area contributed by atoms with Gasteiger partial charge in [0.1, 0.15) is 17.0 Å². The molecule has 28 heavy (non-hydrogen) atoms. The van der Waals surface area contributed by atoms with Crippen LogP contribution in [0.1, 0.15) is 10.4 Å². The molecule has 4 aromatic rings. The average molecular weight is 373 g/mol. The molecule has 0 bridgehead atoms. The van der Waals surface area contributed by atoms with Gasteiger partial charge in [-0.1, -0.05) is 18.2 Å². The van der Waals surface area contributed by atoms with Crippen LogP contribution >= 0.6 is 0 Å². The molecule has 138 valence electrons. The minimum atomic E-state index is -0.364. The highest BCUT2D eigenvalue weighted by Crippen LogP contribution is 2.19. The Morgan fingerprint density at radius 2 is 1.79 bits per heavy atom. The normalized spacial score (nSPS) is 10.6. The number of hydrogen-bond acceptors (Lipinski definition) is 6. The molecule has 0 aliphatic carbocycles. The number of amides is 1. The van der Waals surface area contributed by atoms with E-state index in [0.29, 0.717) is 22.7 Å². The van der Waals surface area contributed by atoms with Gasteiger partial charge in [-0.05, 0) is 36.4 Å². The molecule has 0 radical (unpaired) electrons. The van der Waals surface area contributed by atoms with Gasteiger partial charge in [-0.15, -0.1) is 0 Å². The molecule has 2 heterocycles. The summed E-state index contributed by atoms with van der Waals surface area (Å²) in [5.74, 6) is 0.777. The van der Waals surface area contributed by atoms with Gasteiger partial charge in [-0.25, -0.2) is 9.97 Å². The quantitative estimate of drug-likeness (QED) is 0.569. The first-order chi connectivity index (χ1) is 13.6. The summed E-state index contributed by atoms with van der Waals surface area (Å²) in [5, 5.41) is 2.85. The Morgan fingerprint density at radius 3 is 2.50 bits per heavy atom. The van der Waals surface area contributed by atoms with Gasteiger partial charge >= 0.3 is 0 Å². The lowest BCUT2D eigenvalue weighted by molar-refractivity contribution is 0.102. The summed E-state index contributed by atoms with van der Waals surface area (Å²) in [6, 6.07) is 15.8. The zero-order chi connectivity index (χ0) is 19.5. The van der Waals surface area contributed by atoms with Crippen molar-refractivity contribution < 1.29 is 9.53 Å². The SMILES string of the molecule is COc1ccc(-c2nc3nc(NC(=O)c4ccccc4)ncc3c(=O)[nH]2)cc1. The molecule has 8 nitrogen and oxygen atoms in total. The van der Waals surface area contributed by atoms with Gasteiger partial charge in [0.05, 0.1) is 7.11 Å². The summed E-state index contributed by atoms with van der Waals surface area (Å²) < 4.78 is 5.14. The maximum atomic E-state index is 12.4. The van der Waals surface area contributed by atoms with Gasteiger partial charge in [-0.2, -0.15) is 4.98 Å². The molecule has 2 N–H and O–H groups in total. The second-order valence-corrected chi connectivity index (χ2v) is 5.89. The van der Waals surface area contributed by atoms with Crippen molar-refractivity contribution in [2.45, 2.75) is 0 Å². The Kier molecular flexibility index (Phi) is 4.51. The van der Waals surface area contributed by atoms with E-state index < -0.39 is 0 Å². The Morgan fingerprint density at radius 1 is 1.04 bits per heavy atom. The summed E-state index contributed by atoms with van der Waals surface area (Å²) in [6.45, 7) is 0. The Balaban J connectivity index is 1.69. The number of nitrogens with zero attached hydrogens (tertiary/aromatic N) is 3. The van der Waals surface area contributed by atoms with E-state index in [2.05, 4.69) is 25.3 Å². The molecule has 8 heteroatoms. The fraction of sp³-hybridized carbons (Fsp3) is 0.0500. The molecule has 0 saturated carbocycles. The Bertz CT molecular complexity index is 1200. The third kappa shape index (κ3) is 3.43. The summed E-state index contributed by atoms with van der Waals surface area (Å²) in [6.07, 6.45) is 1.34. The number of aromatic amines is 1. The largest absolute Gasteiger partial charge is 0.497 e. The number of benzene rings is 2. The van der Waals surface area contributed by atoms with E-state index in [1.807, 2.05) is 6.07 Å². The highest BCUT2D eigenvalue weighted by molar-refractivity contribution is 6.03. The number of aromatic nitrogens is 4. The zero-order valence-corrected chi connectivity index (χ0v) is 14.8. The lowest BCUT2D eigenvalue weighted by atomic mass is 10.2. The predicted octanol–water partition coefficient (Wildman–Crippen LogP) is 2.64. The number of nitrogens with one attached hydrogen (secondary N) is 2.